The fourth-order valence-corrected chi connectivity index (χ4v) is 3.10. The van der Waals surface area contributed by atoms with Crippen LogP contribution in [0.25, 0.3) is 6.08 Å². The molecular weight excluding hydrogens is 366 g/mol. The average molecular weight is 391 g/mol. The van der Waals surface area contributed by atoms with Gasteiger partial charge in [0.1, 0.15) is 11.9 Å². The zero-order chi connectivity index (χ0) is 20.5. The van der Waals surface area contributed by atoms with Crippen molar-refractivity contribution in [3.63, 3.8) is 0 Å². The Balaban J connectivity index is 1.51. The van der Waals surface area contributed by atoms with Crippen molar-refractivity contribution in [1.82, 2.24) is 10.3 Å². The molecule has 6 heteroatoms. The normalized spacial score (nSPS) is 14.9. The van der Waals surface area contributed by atoms with E-state index in [0.717, 1.165) is 35.5 Å². The van der Waals surface area contributed by atoms with Crippen LogP contribution in [0.5, 0.6) is 0 Å². The molecule has 0 bridgehead atoms. The summed E-state index contributed by atoms with van der Waals surface area (Å²) in [6.07, 6.45) is 7.96. The SMILES string of the molecule is CC(=O)OC1C=C(CC(=O)NCCCNc2ccccn2)C=Cc2ccccc21. The molecular formula is C23H25N3O3. The van der Waals surface area contributed by atoms with Gasteiger partial charge in [0.15, 0.2) is 0 Å². The van der Waals surface area contributed by atoms with Gasteiger partial charge >= 0.3 is 5.97 Å². The van der Waals surface area contributed by atoms with E-state index in [2.05, 4.69) is 15.6 Å². The van der Waals surface area contributed by atoms with Crippen LogP contribution in [-0.4, -0.2) is 29.9 Å². The Labute approximate surface area is 170 Å². The number of ether oxygens (including phenoxy) is 1. The number of hydrogen-bond acceptors (Lipinski definition) is 5. The van der Waals surface area contributed by atoms with Gasteiger partial charge in [0.05, 0.1) is 6.42 Å². The van der Waals surface area contributed by atoms with E-state index in [9.17, 15) is 9.59 Å². The van der Waals surface area contributed by atoms with Gasteiger partial charge in [0, 0.05) is 31.8 Å². The molecule has 1 atom stereocenters. The Morgan fingerprint density at radius 2 is 1.90 bits per heavy atom. The molecule has 29 heavy (non-hydrogen) atoms. The summed E-state index contributed by atoms with van der Waals surface area (Å²) in [5.74, 6) is 0.405. The van der Waals surface area contributed by atoms with Crippen molar-refractivity contribution in [3.8, 4) is 0 Å². The van der Waals surface area contributed by atoms with E-state index in [4.69, 9.17) is 4.74 Å². The molecule has 0 saturated heterocycles. The maximum absolute atomic E-state index is 12.3. The lowest BCUT2D eigenvalue weighted by Gasteiger charge is -2.15. The number of amides is 1. The Kier molecular flexibility index (Phi) is 7.16. The Hall–Kier alpha value is -3.41. The van der Waals surface area contributed by atoms with E-state index in [1.54, 1.807) is 6.20 Å². The predicted octanol–water partition coefficient (Wildman–Crippen LogP) is 3.65. The van der Waals surface area contributed by atoms with Gasteiger partial charge in [0.2, 0.25) is 5.91 Å². The van der Waals surface area contributed by atoms with Crippen LogP contribution >= 0.6 is 0 Å². The number of aromatic nitrogens is 1. The van der Waals surface area contributed by atoms with Gasteiger partial charge in [0.25, 0.3) is 0 Å². The van der Waals surface area contributed by atoms with Gasteiger partial charge in [-0.15, -0.1) is 0 Å². The minimum absolute atomic E-state index is 0.0636. The summed E-state index contributed by atoms with van der Waals surface area (Å²) in [5.41, 5.74) is 2.71. The van der Waals surface area contributed by atoms with E-state index in [1.165, 1.54) is 6.92 Å². The summed E-state index contributed by atoms with van der Waals surface area (Å²) in [5, 5.41) is 6.14. The van der Waals surface area contributed by atoms with Crippen molar-refractivity contribution in [2.45, 2.75) is 25.9 Å². The number of benzene rings is 1. The topological polar surface area (TPSA) is 80.3 Å². The molecule has 1 amide bonds. The third-order valence-electron chi connectivity index (χ3n) is 4.45. The maximum Gasteiger partial charge on any atom is 0.303 e. The third-order valence-corrected chi connectivity index (χ3v) is 4.45. The molecule has 1 heterocycles. The molecule has 0 fully saturated rings. The second-order valence-corrected chi connectivity index (χ2v) is 6.76. The van der Waals surface area contributed by atoms with Crippen molar-refractivity contribution < 1.29 is 14.3 Å². The molecule has 1 aromatic carbocycles. The highest BCUT2D eigenvalue weighted by atomic mass is 16.5. The lowest BCUT2D eigenvalue weighted by atomic mass is 10.0. The number of carbonyl (C=O) groups excluding carboxylic acids is 2. The van der Waals surface area contributed by atoms with Gasteiger partial charge < -0.3 is 15.4 Å². The molecule has 0 aliphatic heterocycles. The van der Waals surface area contributed by atoms with Crippen LogP contribution in [0, 0.1) is 0 Å². The van der Waals surface area contributed by atoms with E-state index < -0.39 is 6.10 Å². The number of nitrogens with zero attached hydrogens (tertiary/aromatic N) is 1. The zero-order valence-corrected chi connectivity index (χ0v) is 16.4. The number of pyridine rings is 1. The van der Waals surface area contributed by atoms with Gasteiger partial charge in [-0.05, 0) is 35.8 Å². The van der Waals surface area contributed by atoms with E-state index in [0.29, 0.717) is 6.54 Å². The highest BCUT2D eigenvalue weighted by molar-refractivity contribution is 5.80. The van der Waals surface area contributed by atoms with Crippen molar-refractivity contribution >= 4 is 23.8 Å². The van der Waals surface area contributed by atoms with Crippen molar-refractivity contribution in [2.24, 2.45) is 0 Å². The first kappa shape index (κ1) is 20.3. The fourth-order valence-electron chi connectivity index (χ4n) is 3.10. The lowest BCUT2D eigenvalue weighted by Crippen LogP contribution is -2.26. The summed E-state index contributed by atoms with van der Waals surface area (Å²) in [7, 11) is 0. The van der Waals surface area contributed by atoms with E-state index >= 15 is 0 Å². The number of nitrogens with one attached hydrogen (secondary N) is 2. The third kappa shape index (κ3) is 6.31. The summed E-state index contributed by atoms with van der Waals surface area (Å²) in [4.78, 5) is 28.0. The van der Waals surface area contributed by atoms with Gasteiger partial charge in [-0.1, -0.05) is 42.5 Å². The lowest BCUT2D eigenvalue weighted by molar-refractivity contribution is -0.144. The number of allylic oxidation sites excluding steroid dienone is 1. The summed E-state index contributed by atoms with van der Waals surface area (Å²) < 4.78 is 5.46. The smallest absolute Gasteiger partial charge is 0.303 e. The molecule has 1 unspecified atom stereocenters. The first-order valence-electron chi connectivity index (χ1n) is 9.68. The largest absolute Gasteiger partial charge is 0.453 e. The summed E-state index contributed by atoms with van der Waals surface area (Å²) in [6.45, 7) is 2.69. The van der Waals surface area contributed by atoms with Gasteiger partial charge in [-0.3, -0.25) is 9.59 Å². The number of rotatable bonds is 8. The van der Waals surface area contributed by atoms with E-state index in [-0.39, 0.29) is 18.3 Å². The predicted molar refractivity (Wildman–Crippen MR) is 113 cm³/mol. The fraction of sp³-hybridized carbons (Fsp3) is 0.261. The molecule has 150 valence electrons. The van der Waals surface area contributed by atoms with Crippen LogP contribution in [0.2, 0.25) is 0 Å². The van der Waals surface area contributed by atoms with Gasteiger partial charge in [-0.2, -0.15) is 0 Å². The second-order valence-electron chi connectivity index (χ2n) is 6.76. The number of hydrogen-bond donors (Lipinski definition) is 2. The van der Waals surface area contributed by atoms with Crippen molar-refractivity contribution in [1.29, 1.82) is 0 Å². The number of esters is 1. The second kappa shape index (κ2) is 10.2. The summed E-state index contributed by atoms with van der Waals surface area (Å²) >= 11 is 0. The Morgan fingerprint density at radius 1 is 1.07 bits per heavy atom. The molecule has 1 aliphatic rings. The van der Waals surface area contributed by atoms with Gasteiger partial charge in [-0.25, -0.2) is 4.98 Å². The monoisotopic (exact) mass is 391 g/mol. The van der Waals surface area contributed by atoms with Crippen LogP contribution in [0.1, 0.15) is 37.0 Å². The molecule has 2 aromatic rings. The van der Waals surface area contributed by atoms with Crippen LogP contribution < -0.4 is 10.6 Å². The van der Waals surface area contributed by atoms with Crippen LogP contribution in [0.4, 0.5) is 5.82 Å². The molecule has 0 saturated carbocycles. The molecule has 0 spiro atoms. The summed E-state index contributed by atoms with van der Waals surface area (Å²) in [6, 6.07) is 13.4. The van der Waals surface area contributed by atoms with Crippen LogP contribution in [-0.2, 0) is 14.3 Å². The van der Waals surface area contributed by atoms with Crippen molar-refractivity contribution in [2.75, 3.05) is 18.4 Å². The number of fused-ring (bicyclic) bond motifs is 1. The number of carbonyl (C=O) groups is 2. The Bertz CT molecular complexity index is 907. The molecule has 6 nitrogen and oxygen atoms in total. The van der Waals surface area contributed by atoms with Crippen LogP contribution in [0.3, 0.4) is 0 Å². The van der Waals surface area contributed by atoms with Crippen LogP contribution in [0.15, 0.2) is 66.4 Å². The Morgan fingerprint density at radius 3 is 2.69 bits per heavy atom. The van der Waals surface area contributed by atoms with E-state index in [1.807, 2.05) is 60.7 Å². The maximum atomic E-state index is 12.3. The highest BCUT2D eigenvalue weighted by Crippen LogP contribution is 2.29. The first-order valence-corrected chi connectivity index (χ1v) is 9.68. The average Bonchev–Trinajstić information content (AvgIpc) is 2.88. The number of anilines is 1. The highest BCUT2D eigenvalue weighted by Gasteiger charge is 2.18. The molecule has 2 N–H and O–H groups in total. The quantitative estimate of drug-likeness (QED) is 0.530. The zero-order valence-electron chi connectivity index (χ0n) is 16.4. The minimum Gasteiger partial charge on any atom is -0.453 e. The molecule has 1 aliphatic carbocycles. The first-order chi connectivity index (χ1) is 14.1. The minimum atomic E-state index is -0.496. The molecule has 1 aromatic heterocycles. The standard InChI is InChI=1S/C23H25N3O3/c1-17(27)29-21-15-18(10-11-19-7-2-3-8-20(19)21)16-23(28)26-14-6-13-25-22-9-4-5-12-24-22/h2-5,7-12,15,21H,6,13-14,16H2,1H3,(H,24,25)(H,26,28). The molecule has 0 radical (unpaired) electrons. The van der Waals surface area contributed by atoms with Crippen molar-refractivity contribution in [3.05, 3.63) is 77.5 Å². The molecule has 3 rings (SSSR count).